The summed E-state index contributed by atoms with van der Waals surface area (Å²) in [5.74, 6) is -0.870. The molecule has 0 saturated carbocycles. The number of aliphatic hydroxyl groups is 1. The molecule has 0 aliphatic carbocycles. The average molecular weight is 323 g/mol. The van der Waals surface area contributed by atoms with Gasteiger partial charge in [-0.15, -0.1) is 0 Å². The molecular formula is C16H22FN3O3. The van der Waals surface area contributed by atoms with Gasteiger partial charge in [0.15, 0.2) is 0 Å². The fourth-order valence-corrected chi connectivity index (χ4v) is 2.25. The first kappa shape index (κ1) is 18.9. The van der Waals surface area contributed by atoms with Crippen molar-refractivity contribution in [2.75, 3.05) is 11.9 Å². The van der Waals surface area contributed by atoms with Crippen LogP contribution in [0.5, 0.6) is 0 Å². The molecule has 126 valence electrons. The molecule has 0 heterocycles. The van der Waals surface area contributed by atoms with Gasteiger partial charge in [0.05, 0.1) is 17.9 Å². The molecule has 1 amide bonds. The van der Waals surface area contributed by atoms with E-state index in [9.17, 15) is 19.6 Å². The van der Waals surface area contributed by atoms with Crippen LogP contribution < -0.4 is 11.1 Å². The average Bonchev–Trinajstić information content (AvgIpc) is 2.38. The van der Waals surface area contributed by atoms with E-state index >= 15 is 0 Å². The normalized spacial score (nSPS) is 13.8. The lowest BCUT2D eigenvalue weighted by Crippen LogP contribution is -2.40. The zero-order chi connectivity index (χ0) is 17.8. The fourth-order valence-electron chi connectivity index (χ4n) is 2.25. The number of amides is 1. The van der Waals surface area contributed by atoms with E-state index in [2.05, 4.69) is 10.1 Å². The Morgan fingerprint density at radius 1 is 1.48 bits per heavy atom. The maximum absolute atomic E-state index is 14.3. The third-order valence-electron chi connectivity index (χ3n) is 3.01. The molecule has 1 rings (SSSR count). The van der Waals surface area contributed by atoms with Crippen molar-refractivity contribution in [1.82, 2.24) is 0 Å². The van der Waals surface area contributed by atoms with Gasteiger partial charge >= 0.3 is 6.09 Å². The highest BCUT2D eigenvalue weighted by atomic mass is 19.1. The largest absolute Gasteiger partial charge is 0.450 e. The number of nitrogens with one attached hydrogen (secondary N) is 1. The quantitative estimate of drug-likeness (QED) is 0.738. The zero-order valence-corrected chi connectivity index (χ0v) is 13.7. The first-order valence-electron chi connectivity index (χ1n) is 7.19. The molecule has 0 bridgehead atoms. The van der Waals surface area contributed by atoms with E-state index in [0.29, 0.717) is 0 Å². The number of hydrogen-bond donors (Lipinski definition) is 3. The second-order valence-electron chi connectivity index (χ2n) is 6.50. The van der Waals surface area contributed by atoms with Crippen molar-refractivity contribution in [2.45, 2.75) is 39.8 Å². The van der Waals surface area contributed by atoms with Crippen molar-refractivity contribution in [3.8, 4) is 6.07 Å². The topological polar surface area (TPSA) is 108 Å². The number of carbonyl (C=O) groups is 1. The smallest absolute Gasteiger partial charge is 0.411 e. The summed E-state index contributed by atoms with van der Waals surface area (Å²) in [5.41, 5.74) is 3.39. The Bertz CT molecular complexity index is 631. The van der Waals surface area contributed by atoms with E-state index < -0.39 is 17.6 Å². The minimum absolute atomic E-state index is 0.0656. The van der Waals surface area contributed by atoms with Crippen molar-refractivity contribution in [1.29, 1.82) is 5.26 Å². The van der Waals surface area contributed by atoms with Crippen molar-refractivity contribution in [3.05, 3.63) is 29.1 Å². The van der Waals surface area contributed by atoms with E-state index in [0.717, 1.165) is 6.07 Å². The number of ether oxygens (including phenoxy) is 1. The fraction of sp³-hybridized carbons (Fsp3) is 0.500. The number of hydrogen-bond acceptors (Lipinski definition) is 5. The summed E-state index contributed by atoms with van der Waals surface area (Å²) in [6, 6.07) is 4.05. The van der Waals surface area contributed by atoms with E-state index in [1.165, 1.54) is 6.07 Å². The molecule has 0 fully saturated rings. The monoisotopic (exact) mass is 323 g/mol. The minimum Gasteiger partial charge on any atom is -0.450 e. The van der Waals surface area contributed by atoms with E-state index in [-0.39, 0.29) is 35.3 Å². The van der Waals surface area contributed by atoms with Crippen LogP contribution in [0, 0.1) is 22.6 Å². The van der Waals surface area contributed by atoms with Gasteiger partial charge in [-0.05, 0) is 30.9 Å². The number of carbonyl (C=O) groups excluding carboxylic acids is 1. The van der Waals surface area contributed by atoms with Crippen molar-refractivity contribution in [2.24, 2.45) is 11.1 Å². The molecule has 23 heavy (non-hydrogen) atoms. The predicted molar refractivity (Wildman–Crippen MR) is 83.9 cm³/mol. The van der Waals surface area contributed by atoms with Crippen LogP contribution in [0.15, 0.2) is 12.1 Å². The number of benzene rings is 1. The van der Waals surface area contributed by atoms with Crippen LogP contribution in [0.4, 0.5) is 14.9 Å². The molecular weight excluding hydrogens is 301 g/mol. The van der Waals surface area contributed by atoms with Gasteiger partial charge in [-0.2, -0.15) is 5.26 Å². The summed E-state index contributed by atoms with van der Waals surface area (Å²) in [5, 5.41) is 21.8. The highest BCUT2D eigenvalue weighted by molar-refractivity contribution is 5.86. The lowest BCUT2D eigenvalue weighted by molar-refractivity contribution is 0.00265. The molecule has 1 aromatic carbocycles. The number of halogens is 1. The lowest BCUT2D eigenvalue weighted by Gasteiger charge is -2.31. The van der Waals surface area contributed by atoms with Gasteiger partial charge < -0.3 is 9.84 Å². The van der Waals surface area contributed by atoms with E-state index in [4.69, 9.17) is 5.73 Å². The molecule has 0 spiro atoms. The van der Waals surface area contributed by atoms with Crippen LogP contribution >= 0.6 is 0 Å². The SMILES string of the molecule is CCOC(=O)Nc1c(F)cc(C(N)(O)CC(C)(C)C)cc1C#N. The van der Waals surface area contributed by atoms with Crippen LogP contribution in [0.25, 0.3) is 0 Å². The Balaban J connectivity index is 3.24. The number of nitrogens with zero attached hydrogens (tertiary/aromatic N) is 1. The molecule has 6 nitrogen and oxygen atoms in total. The Labute approximate surface area is 135 Å². The van der Waals surface area contributed by atoms with Crippen LogP contribution in [-0.2, 0) is 10.5 Å². The standard InChI is InChI=1S/C16H22FN3O3/c1-5-23-14(21)20-13-10(8-18)6-11(7-12(13)17)16(19,22)9-15(2,3)4/h6-7,22H,5,9,19H2,1-4H3,(H,20,21). The molecule has 0 aromatic heterocycles. The maximum Gasteiger partial charge on any atom is 0.411 e. The van der Waals surface area contributed by atoms with Crippen molar-refractivity contribution < 1.29 is 19.0 Å². The van der Waals surface area contributed by atoms with Crippen LogP contribution in [0.2, 0.25) is 0 Å². The van der Waals surface area contributed by atoms with E-state index in [1.807, 2.05) is 20.8 Å². The van der Waals surface area contributed by atoms with E-state index in [1.54, 1.807) is 13.0 Å². The highest BCUT2D eigenvalue weighted by Gasteiger charge is 2.31. The summed E-state index contributed by atoms with van der Waals surface area (Å²) < 4.78 is 18.9. The summed E-state index contributed by atoms with van der Waals surface area (Å²) in [4.78, 5) is 11.4. The summed E-state index contributed by atoms with van der Waals surface area (Å²) in [7, 11) is 0. The molecule has 0 saturated heterocycles. The molecule has 4 N–H and O–H groups in total. The van der Waals surface area contributed by atoms with Crippen LogP contribution in [-0.4, -0.2) is 17.8 Å². The molecule has 0 aliphatic heterocycles. The Hall–Kier alpha value is -2.17. The second-order valence-corrected chi connectivity index (χ2v) is 6.50. The number of nitrogens with two attached hydrogens (primary N) is 1. The molecule has 0 radical (unpaired) electrons. The molecule has 1 aromatic rings. The van der Waals surface area contributed by atoms with Crippen molar-refractivity contribution in [3.63, 3.8) is 0 Å². The maximum atomic E-state index is 14.3. The zero-order valence-electron chi connectivity index (χ0n) is 13.7. The number of rotatable bonds is 4. The van der Waals surface area contributed by atoms with Gasteiger partial charge in [0, 0.05) is 5.56 Å². The Morgan fingerprint density at radius 2 is 2.09 bits per heavy atom. The summed E-state index contributed by atoms with van der Waals surface area (Å²) in [6.07, 6.45) is -0.706. The van der Waals surface area contributed by atoms with Gasteiger partial charge in [-0.1, -0.05) is 20.8 Å². The number of nitriles is 1. The van der Waals surface area contributed by atoms with Gasteiger partial charge in [0.25, 0.3) is 0 Å². The molecule has 0 aliphatic rings. The van der Waals surface area contributed by atoms with Gasteiger partial charge in [0.1, 0.15) is 17.6 Å². The van der Waals surface area contributed by atoms with Crippen LogP contribution in [0.3, 0.4) is 0 Å². The third-order valence-corrected chi connectivity index (χ3v) is 3.01. The molecule has 1 unspecified atom stereocenters. The molecule has 1 atom stereocenters. The van der Waals surface area contributed by atoms with Gasteiger partial charge in [-0.3, -0.25) is 11.1 Å². The minimum atomic E-state index is -1.80. The summed E-state index contributed by atoms with van der Waals surface area (Å²) >= 11 is 0. The highest BCUT2D eigenvalue weighted by Crippen LogP contribution is 2.33. The first-order chi connectivity index (χ1) is 10.5. The predicted octanol–water partition coefficient (Wildman–Crippen LogP) is 2.81. The van der Waals surface area contributed by atoms with Crippen molar-refractivity contribution >= 4 is 11.8 Å². The van der Waals surface area contributed by atoms with Gasteiger partial charge in [-0.25, -0.2) is 9.18 Å². The Morgan fingerprint density at radius 3 is 2.57 bits per heavy atom. The van der Waals surface area contributed by atoms with Crippen LogP contribution in [0.1, 0.15) is 45.2 Å². The number of anilines is 1. The molecule has 7 heteroatoms. The second kappa shape index (κ2) is 6.94. The summed E-state index contributed by atoms with van der Waals surface area (Å²) in [6.45, 7) is 7.35. The third kappa shape index (κ3) is 5.20. The lowest BCUT2D eigenvalue weighted by atomic mass is 9.83. The Kier molecular flexibility index (Phi) is 5.70. The first-order valence-corrected chi connectivity index (χ1v) is 7.19. The van der Waals surface area contributed by atoms with Gasteiger partial charge in [0.2, 0.25) is 0 Å².